The van der Waals surface area contributed by atoms with E-state index in [1.54, 1.807) is 0 Å². The summed E-state index contributed by atoms with van der Waals surface area (Å²) in [6, 6.07) is 0. The summed E-state index contributed by atoms with van der Waals surface area (Å²) in [5.41, 5.74) is 0. The third kappa shape index (κ3) is 15.3. The molecule has 1 aliphatic heterocycles. The van der Waals surface area contributed by atoms with E-state index in [0.717, 1.165) is 6.08 Å². The number of nitrogens with zero attached hydrogens (tertiary/aromatic N) is 2. The van der Waals surface area contributed by atoms with E-state index in [2.05, 4.69) is 11.3 Å². The SMILES string of the molecule is C=CC(=O)OCCCCOC(=O)CCCCC(=O)OCCOC(=O)N1CCN(C(=O)OCCOC=O)CC1. The largest absolute Gasteiger partial charge is 0.466 e. The highest BCUT2D eigenvalue weighted by Gasteiger charge is 2.25. The highest BCUT2D eigenvalue weighted by Crippen LogP contribution is 2.07. The molecule has 0 aliphatic carbocycles. The molecule has 14 heteroatoms. The lowest BCUT2D eigenvalue weighted by Gasteiger charge is -2.33. The molecule has 0 unspecified atom stereocenters. The molecule has 0 radical (unpaired) electrons. The Balaban J connectivity index is 2.00. The first kappa shape index (κ1) is 32.2. The van der Waals surface area contributed by atoms with Crippen LogP contribution in [-0.4, -0.2) is 112 Å². The average molecular weight is 545 g/mol. The highest BCUT2D eigenvalue weighted by molar-refractivity contribution is 5.81. The molecule has 1 saturated heterocycles. The van der Waals surface area contributed by atoms with E-state index in [0.29, 0.717) is 25.7 Å². The van der Waals surface area contributed by atoms with E-state index in [1.807, 2.05) is 0 Å². The van der Waals surface area contributed by atoms with E-state index < -0.39 is 24.1 Å². The number of carbonyl (C=O) groups is 6. The zero-order valence-electron chi connectivity index (χ0n) is 21.5. The van der Waals surface area contributed by atoms with Crippen LogP contribution in [0.1, 0.15) is 38.5 Å². The fourth-order valence-corrected chi connectivity index (χ4v) is 3.07. The van der Waals surface area contributed by atoms with Crippen molar-refractivity contribution >= 4 is 36.6 Å². The Morgan fingerprint density at radius 2 is 1.05 bits per heavy atom. The predicted octanol–water partition coefficient (Wildman–Crippen LogP) is 1.21. The van der Waals surface area contributed by atoms with Crippen molar-refractivity contribution in [3.63, 3.8) is 0 Å². The van der Waals surface area contributed by atoms with Gasteiger partial charge in [0.25, 0.3) is 6.47 Å². The van der Waals surface area contributed by atoms with E-state index in [1.165, 1.54) is 9.80 Å². The average Bonchev–Trinajstić information content (AvgIpc) is 2.93. The molecule has 0 aromatic rings. The maximum atomic E-state index is 12.1. The van der Waals surface area contributed by atoms with E-state index in [-0.39, 0.29) is 91.1 Å². The molecule has 0 saturated carbocycles. The molecule has 1 rings (SSSR count). The number of piperazine rings is 1. The van der Waals surface area contributed by atoms with E-state index in [9.17, 15) is 28.8 Å². The van der Waals surface area contributed by atoms with Crippen molar-refractivity contribution in [1.82, 2.24) is 9.80 Å². The smallest absolute Gasteiger partial charge is 0.410 e. The van der Waals surface area contributed by atoms with Gasteiger partial charge < -0.3 is 38.2 Å². The normalized spacial score (nSPS) is 12.6. The van der Waals surface area contributed by atoms with Crippen molar-refractivity contribution < 1.29 is 57.2 Å². The molecule has 0 N–H and O–H groups in total. The Morgan fingerprint density at radius 1 is 0.605 bits per heavy atom. The van der Waals surface area contributed by atoms with Gasteiger partial charge in [-0.05, 0) is 25.7 Å². The minimum Gasteiger partial charge on any atom is -0.466 e. The summed E-state index contributed by atoms with van der Waals surface area (Å²) in [6.45, 7) is 4.78. The van der Waals surface area contributed by atoms with Crippen molar-refractivity contribution in [3.8, 4) is 0 Å². The van der Waals surface area contributed by atoms with Crippen molar-refractivity contribution in [2.24, 2.45) is 0 Å². The van der Waals surface area contributed by atoms with Crippen molar-refractivity contribution in [3.05, 3.63) is 12.7 Å². The first-order chi connectivity index (χ1) is 18.4. The second kappa shape index (κ2) is 20.2. The van der Waals surface area contributed by atoms with Gasteiger partial charge in [0.1, 0.15) is 26.4 Å². The summed E-state index contributed by atoms with van der Waals surface area (Å²) in [6.07, 6.45) is 2.29. The summed E-state index contributed by atoms with van der Waals surface area (Å²) >= 11 is 0. The number of hydrogen-bond acceptors (Lipinski definition) is 12. The van der Waals surface area contributed by atoms with Crippen molar-refractivity contribution in [2.75, 3.05) is 65.8 Å². The summed E-state index contributed by atoms with van der Waals surface area (Å²) in [7, 11) is 0. The Hall–Kier alpha value is -3.84. The van der Waals surface area contributed by atoms with Gasteiger partial charge in [-0.25, -0.2) is 14.4 Å². The molecule has 0 aromatic heterocycles. The minimum atomic E-state index is -0.579. The van der Waals surface area contributed by atoms with Gasteiger partial charge in [-0.15, -0.1) is 0 Å². The third-order valence-corrected chi connectivity index (χ3v) is 5.09. The van der Waals surface area contributed by atoms with Crippen molar-refractivity contribution in [1.29, 1.82) is 0 Å². The van der Waals surface area contributed by atoms with E-state index >= 15 is 0 Å². The van der Waals surface area contributed by atoms with E-state index in [4.69, 9.17) is 23.7 Å². The van der Waals surface area contributed by atoms with Gasteiger partial charge in [0.05, 0.1) is 13.2 Å². The van der Waals surface area contributed by atoms with Gasteiger partial charge >= 0.3 is 30.1 Å². The zero-order valence-corrected chi connectivity index (χ0v) is 21.5. The molecule has 14 nitrogen and oxygen atoms in total. The molecule has 1 fully saturated rings. The van der Waals surface area contributed by atoms with Crippen LogP contribution in [0.15, 0.2) is 12.7 Å². The standard InChI is InChI=1S/C24H36N2O12/c1-2-20(28)34-13-5-6-14-35-21(29)7-3-4-8-22(30)36-17-18-38-24(32)26-11-9-25(10-12-26)23(31)37-16-15-33-19-27/h2,19H,1,3-18H2. The van der Waals surface area contributed by atoms with Crippen LogP contribution in [0.3, 0.4) is 0 Å². The molecule has 0 spiro atoms. The first-order valence-electron chi connectivity index (χ1n) is 12.4. The van der Waals surface area contributed by atoms with Crippen LogP contribution in [0.5, 0.6) is 0 Å². The Morgan fingerprint density at radius 3 is 1.55 bits per heavy atom. The molecule has 0 aromatic carbocycles. The molecular formula is C24H36N2O12. The highest BCUT2D eigenvalue weighted by atomic mass is 16.6. The lowest BCUT2D eigenvalue weighted by atomic mass is 10.2. The molecule has 38 heavy (non-hydrogen) atoms. The Bertz CT molecular complexity index is 780. The van der Waals surface area contributed by atoms with Crippen LogP contribution >= 0.6 is 0 Å². The number of unbranched alkanes of at least 4 members (excludes halogenated alkanes) is 2. The topological polar surface area (TPSA) is 164 Å². The Labute approximate surface area is 221 Å². The number of amides is 2. The first-order valence-corrected chi connectivity index (χ1v) is 12.4. The van der Waals surface area contributed by atoms with Gasteiger partial charge in [-0.2, -0.15) is 0 Å². The maximum Gasteiger partial charge on any atom is 0.410 e. The second-order valence-corrected chi connectivity index (χ2v) is 7.90. The van der Waals surface area contributed by atoms with Crippen LogP contribution in [0.25, 0.3) is 0 Å². The van der Waals surface area contributed by atoms with Crippen LogP contribution in [0, 0.1) is 0 Å². The number of hydrogen-bond donors (Lipinski definition) is 0. The quantitative estimate of drug-likeness (QED) is 0.0797. The number of carbonyl (C=O) groups excluding carboxylic acids is 6. The third-order valence-electron chi connectivity index (χ3n) is 5.09. The number of esters is 3. The van der Waals surface area contributed by atoms with Gasteiger partial charge in [0.15, 0.2) is 0 Å². The summed E-state index contributed by atoms with van der Waals surface area (Å²) in [5.74, 6) is -1.32. The monoisotopic (exact) mass is 544 g/mol. The van der Waals surface area contributed by atoms with Gasteiger partial charge in [0.2, 0.25) is 0 Å². The second-order valence-electron chi connectivity index (χ2n) is 7.90. The minimum absolute atomic E-state index is 0.0267. The van der Waals surface area contributed by atoms with Crippen LogP contribution in [0.4, 0.5) is 9.59 Å². The maximum absolute atomic E-state index is 12.1. The lowest BCUT2D eigenvalue weighted by molar-refractivity contribution is -0.146. The molecule has 2 amide bonds. The Kier molecular flexibility index (Phi) is 17.1. The summed E-state index contributed by atoms with van der Waals surface area (Å²) in [4.78, 5) is 71.2. The molecule has 0 atom stereocenters. The molecule has 214 valence electrons. The van der Waals surface area contributed by atoms with Crippen LogP contribution in [-0.2, 0) is 47.6 Å². The van der Waals surface area contributed by atoms with Gasteiger partial charge in [-0.3, -0.25) is 14.4 Å². The predicted molar refractivity (Wildman–Crippen MR) is 129 cm³/mol. The van der Waals surface area contributed by atoms with Crippen molar-refractivity contribution in [2.45, 2.75) is 38.5 Å². The fourth-order valence-electron chi connectivity index (χ4n) is 3.07. The molecule has 1 heterocycles. The molecular weight excluding hydrogens is 508 g/mol. The van der Waals surface area contributed by atoms with Crippen LogP contribution in [0.2, 0.25) is 0 Å². The molecule has 0 bridgehead atoms. The summed E-state index contributed by atoms with van der Waals surface area (Å²) < 4.78 is 29.4. The lowest BCUT2D eigenvalue weighted by Crippen LogP contribution is -2.51. The fraction of sp³-hybridized carbons (Fsp3) is 0.667. The number of rotatable bonds is 18. The summed E-state index contributed by atoms with van der Waals surface area (Å²) in [5, 5.41) is 0. The molecule has 1 aliphatic rings. The van der Waals surface area contributed by atoms with Gasteiger partial charge in [-0.1, -0.05) is 6.58 Å². The zero-order chi connectivity index (χ0) is 28.0. The van der Waals surface area contributed by atoms with Gasteiger partial charge in [0, 0.05) is 45.1 Å². The number of ether oxygens (including phenoxy) is 6. The van der Waals surface area contributed by atoms with Crippen LogP contribution < -0.4 is 0 Å².